The normalized spacial score (nSPS) is 18.0. The zero-order chi connectivity index (χ0) is 34.6. The molecule has 1 aliphatic carbocycles. The first-order valence-electron chi connectivity index (χ1n) is 15.4. The molecule has 7 nitrogen and oxygen atoms in total. The number of hydrogen-bond acceptors (Lipinski definition) is 6. The van der Waals surface area contributed by atoms with Crippen LogP contribution in [0.25, 0.3) is 10.8 Å². The molecule has 1 N–H and O–H groups in total. The number of nitrogens with one attached hydrogen (secondary N) is 1. The summed E-state index contributed by atoms with van der Waals surface area (Å²) in [4.78, 5) is 30.7. The van der Waals surface area contributed by atoms with Crippen LogP contribution < -0.4 is 5.32 Å². The van der Waals surface area contributed by atoms with Crippen LogP contribution in [0.4, 0.5) is 26.3 Å². The number of aromatic nitrogens is 1. The second-order valence-corrected chi connectivity index (χ2v) is 12.4. The van der Waals surface area contributed by atoms with E-state index in [1.54, 1.807) is 0 Å². The second kappa shape index (κ2) is 14.6. The molecule has 2 aromatic carbocycles. The summed E-state index contributed by atoms with van der Waals surface area (Å²) >= 11 is 0. The van der Waals surface area contributed by atoms with E-state index in [-0.39, 0.29) is 0 Å². The molecule has 1 atom stereocenters. The van der Waals surface area contributed by atoms with Crippen LogP contribution in [0.5, 0.6) is 0 Å². The minimum atomic E-state index is -4.93. The largest absolute Gasteiger partial charge is 0.468 e. The molecule has 1 amide bonds. The van der Waals surface area contributed by atoms with Crippen LogP contribution >= 0.6 is 0 Å². The van der Waals surface area contributed by atoms with Crippen molar-refractivity contribution in [3.05, 3.63) is 76.6 Å². The van der Waals surface area contributed by atoms with Crippen molar-refractivity contribution < 1.29 is 40.7 Å². The van der Waals surface area contributed by atoms with Gasteiger partial charge < -0.3 is 15.0 Å². The number of piperidine rings is 1. The molecule has 2 aliphatic rings. The number of halogens is 6. The molecule has 1 fully saturated rings. The highest BCUT2D eigenvalue weighted by Gasteiger charge is 2.61. The highest BCUT2D eigenvalue weighted by Crippen LogP contribution is 2.47. The molecule has 47 heavy (non-hydrogen) atoms. The molecule has 5 rings (SSSR count). The molecular formula is C34H40F6N4O3. The summed E-state index contributed by atoms with van der Waals surface area (Å²) in [5.74, 6) is -1.93. The third-order valence-corrected chi connectivity index (χ3v) is 8.96. The summed E-state index contributed by atoms with van der Waals surface area (Å²) in [6, 6.07) is 15.5. The number of carbonyl (C=O) groups is 2. The van der Waals surface area contributed by atoms with E-state index in [1.165, 1.54) is 51.6 Å². The van der Waals surface area contributed by atoms with Gasteiger partial charge in [0.25, 0.3) is 0 Å². The highest BCUT2D eigenvalue weighted by atomic mass is 19.4. The lowest BCUT2D eigenvalue weighted by atomic mass is 9.76. The molecule has 0 radical (unpaired) electrons. The summed E-state index contributed by atoms with van der Waals surface area (Å²) in [5, 5.41) is 4.50. The van der Waals surface area contributed by atoms with Crippen LogP contribution in [0.2, 0.25) is 0 Å². The van der Waals surface area contributed by atoms with Gasteiger partial charge >= 0.3 is 18.3 Å². The zero-order valence-corrected chi connectivity index (χ0v) is 26.9. The summed E-state index contributed by atoms with van der Waals surface area (Å²) in [6.45, 7) is 0.0769. The number of methoxy groups -OCH3 is 1. The van der Waals surface area contributed by atoms with E-state index in [4.69, 9.17) is 4.98 Å². The Kier molecular flexibility index (Phi) is 11.2. The van der Waals surface area contributed by atoms with E-state index in [9.17, 15) is 35.9 Å². The van der Waals surface area contributed by atoms with Gasteiger partial charge in [-0.05, 0) is 93.5 Å². The van der Waals surface area contributed by atoms with Crippen molar-refractivity contribution in [1.29, 1.82) is 0 Å². The monoisotopic (exact) mass is 666 g/mol. The minimum Gasteiger partial charge on any atom is -0.468 e. The maximum atomic E-state index is 13.3. The van der Waals surface area contributed by atoms with Crippen molar-refractivity contribution in [3.63, 3.8) is 0 Å². The van der Waals surface area contributed by atoms with Crippen LogP contribution in [0.15, 0.2) is 48.7 Å². The molecule has 2 heterocycles. The van der Waals surface area contributed by atoms with Gasteiger partial charge in [0.1, 0.15) is 12.0 Å². The SMILES string of the molecule is COC(=O)CNC(=O)C1(C(F)(F)F)CCN(CC(F)(F)F)CC1.Cc1cccc2c1CCC2c1nccc2c(CN(C)C)cccc12. The van der Waals surface area contributed by atoms with Crippen molar-refractivity contribution >= 4 is 22.6 Å². The lowest BCUT2D eigenvalue weighted by molar-refractivity contribution is -0.236. The number of fused-ring (bicyclic) bond motifs is 2. The standard InChI is InChI=1S/C22H24N2.C12H16F6N2O3/c1-15-6-4-8-19-17(15)10-11-21(19)22-20-9-5-7-16(14-24(2)3)18(20)12-13-23-22;1-23-8(21)6-19-9(22)10(12(16,17)18)2-4-20(5-3-10)7-11(13,14)15/h4-9,12-13,21H,10-11,14H2,1-3H3;2-7H2,1H3,(H,19,22). The number of likely N-dealkylation sites (tertiary alicyclic amines) is 1. The second-order valence-electron chi connectivity index (χ2n) is 12.4. The van der Waals surface area contributed by atoms with E-state index in [0.717, 1.165) is 18.6 Å². The Bertz CT molecular complexity index is 1570. The third kappa shape index (κ3) is 8.42. The summed E-state index contributed by atoms with van der Waals surface area (Å²) < 4.78 is 80.9. The minimum absolute atomic E-state index is 0.429. The number of benzene rings is 2. The van der Waals surface area contributed by atoms with Gasteiger partial charge in [0.05, 0.1) is 19.3 Å². The molecule has 1 aliphatic heterocycles. The van der Waals surface area contributed by atoms with E-state index in [1.807, 2.05) is 11.5 Å². The van der Waals surface area contributed by atoms with E-state index in [2.05, 4.69) is 73.1 Å². The Morgan fingerprint density at radius 2 is 1.70 bits per heavy atom. The third-order valence-electron chi connectivity index (χ3n) is 8.96. The fraction of sp³-hybridized carbons (Fsp3) is 0.500. The smallest absolute Gasteiger partial charge is 0.403 e. The van der Waals surface area contributed by atoms with Gasteiger partial charge in [-0.2, -0.15) is 26.3 Å². The molecule has 1 saturated heterocycles. The van der Waals surface area contributed by atoms with E-state index >= 15 is 0 Å². The lowest BCUT2D eigenvalue weighted by Gasteiger charge is -2.41. The average Bonchev–Trinajstić information content (AvgIpc) is 3.44. The van der Waals surface area contributed by atoms with E-state index in [0.29, 0.717) is 5.92 Å². The Morgan fingerprint density at radius 1 is 1.02 bits per heavy atom. The van der Waals surface area contributed by atoms with E-state index < -0.39 is 68.7 Å². The number of carbonyl (C=O) groups excluding carboxylic acids is 2. The summed E-state index contributed by atoms with van der Waals surface area (Å²) in [7, 11) is 5.25. The molecule has 256 valence electrons. The molecule has 1 unspecified atom stereocenters. The number of nitrogens with zero attached hydrogens (tertiary/aromatic N) is 3. The van der Waals surface area contributed by atoms with Crippen LogP contribution in [0, 0.1) is 12.3 Å². The summed E-state index contributed by atoms with van der Waals surface area (Å²) in [6.07, 6.45) is -6.74. The average molecular weight is 667 g/mol. The maximum absolute atomic E-state index is 13.3. The summed E-state index contributed by atoms with van der Waals surface area (Å²) in [5.41, 5.74) is 4.26. The molecule has 0 saturated carbocycles. The molecule has 1 aromatic heterocycles. The predicted molar refractivity (Wildman–Crippen MR) is 166 cm³/mol. The highest BCUT2D eigenvalue weighted by molar-refractivity contribution is 5.88. The first-order chi connectivity index (χ1) is 22.1. The Balaban J connectivity index is 0.000000213. The Morgan fingerprint density at radius 3 is 2.32 bits per heavy atom. The number of hydrogen-bond donors (Lipinski definition) is 1. The Hall–Kier alpha value is -3.71. The number of pyridine rings is 1. The molecular weight excluding hydrogens is 626 g/mol. The number of esters is 1. The van der Waals surface area contributed by atoms with Crippen molar-refractivity contribution in [1.82, 2.24) is 20.1 Å². The van der Waals surface area contributed by atoms with Crippen LogP contribution in [0.3, 0.4) is 0 Å². The van der Waals surface area contributed by atoms with Gasteiger partial charge in [0, 0.05) is 24.0 Å². The molecule has 0 bridgehead atoms. The number of ether oxygens (including phenoxy) is 1. The number of alkyl halides is 6. The van der Waals surface area contributed by atoms with Crippen LogP contribution in [0.1, 0.15) is 53.1 Å². The lowest BCUT2D eigenvalue weighted by Crippen LogP contribution is -2.57. The number of amides is 1. The Labute approximate surface area is 270 Å². The molecule has 3 aromatic rings. The first kappa shape index (κ1) is 36.1. The maximum Gasteiger partial charge on any atom is 0.403 e. The fourth-order valence-electron chi connectivity index (χ4n) is 6.55. The van der Waals surface area contributed by atoms with Crippen molar-refractivity contribution in [3.8, 4) is 0 Å². The fourth-order valence-corrected chi connectivity index (χ4v) is 6.55. The van der Waals surface area contributed by atoms with Crippen LogP contribution in [-0.4, -0.2) is 86.4 Å². The van der Waals surface area contributed by atoms with Crippen molar-refractivity contribution in [2.45, 2.75) is 57.4 Å². The first-order valence-corrected chi connectivity index (χ1v) is 15.4. The van der Waals surface area contributed by atoms with Crippen LogP contribution in [-0.2, 0) is 27.3 Å². The quantitative estimate of drug-likeness (QED) is 0.241. The number of rotatable bonds is 7. The van der Waals surface area contributed by atoms with Gasteiger partial charge in [0.2, 0.25) is 5.91 Å². The van der Waals surface area contributed by atoms with Gasteiger partial charge in [-0.25, -0.2) is 0 Å². The zero-order valence-electron chi connectivity index (χ0n) is 26.9. The molecule has 0 spiro atoms. The van der Waals surface area contributed by atoms with Crippen molar-refractivity contribution in [2.75, 3.05) is 47.4 Å². The van der Waals surface area contributed by atoms with Gasteiger partial charge in [-0.1, -0.05) is 36.4 Å². The van der Waals surface area contributed by atoms with Gasteiger partial charge in [-0.15, -0.1) is 0 Å². The van der Waals surface area contributed by atoms with Gasteiger partial charge in [-0.3, -0.25) is 19.5 Å². The number of aryl methyl sites for hydroxylation is 1. The predicted octanol–water partition coefficient (Wildman–Crippen LogP) is 6.17. The van der Waals surface area contributed by atoms with Crippen molar-refractivity contribution in [2.24, 2.45) is 5.41 Å². The molecule has 13 heteroatoms. The van der Waals surface area contributed by atoms with Gasteiger partial charge in [0.15, 0.2) is 0 Å². The topological polar surface area (TPSA) is 74.8 Å².